The minimum absolute atomic E-state index is 0.0856. The standard InChI is InChI=1S/C23H23F3N4O3S/c1-2-9-34(32,33)29-19-12-17(24)21(25)20(22(19)26)23(31)14-3-4-18-15(10-14)11-16(13-28-18)30-7-5-27-6-8-30/h3-4,10-13,27,29H,2,5-9H2,1H3. The summed E-state index contributed by atoms with van der Waals surface area (Å²) in [6.45, 7) is 4.79. The SMILES string of the molecule is CCCS(=O)(=O)Nc1cc(F)c(F)c(C(=O)c2ccc3ncc(N4CCNCC4)cc3c2)c1F. The highest BCUT2D eigenvalue weighted by Gasteiger charge is 2.27. The maximum absolute atomic E-state index is 15.1. The van der Waals surface area contributed by atoms with Gasteiger partial charge in [0.15, 0.2) is 23.2 Å². The van der Waals surface area contributed by atoms with Gasteiger partial charge in [-0.05, 0) is 30.7 Å². The molecular weight excluding hydrogens is 469 g/mol. The lowest BCUT2D eigenvalue weighted by atomic mass is 9.99. The van der Waals surface area contributed by atoms with Crippen LogP contribution < -0.4 is 14.9 Å². The van der Waals surface area contributed by atoms with Gasteiger partial charge < -0.3 is 10.2 Å². The van der Waals surface area contributed by atoms with Gasteiger partial charge in [0.1, 0.15) is 0 Å². The van der Waals surface area contributed by atoms with E-state index in [1.54, 1.807) is 13.1 Å². The topological polar surface area (TPSA) is 91.4 Å². The summed E-state index contributed by atoms with van der Waals surface area (Å²) in [6, 6.07) is 6.52. The number of nitrogens with zero attached hydrogens (tertiary/aromatic N) is 2. The Morgan fingerprint density at radius 1 is 1.12 bits per heavy atom. The van der Waals surface area contributed by atoms with Crippen LogP contribution in [0.1, 0.15) is 29.3 Å². The molecule has 11 heteroatoms. The van der Waals surface area contributed by atoms with Crippen LogP contribution >= 0.6 is 0 Å². The zero-order valence-electron chi connectivity index (χ0n) is 18.4. The highest BCUT2D eigenvalue weighted by Crippen LogP contribution is 2.29. The molecule has 7 nitrogen and oxygen atoms in total. The van der Waals surface area contributed by atoms with E-state index >= 15 is 4.39 Å². The van der Waals surface area contributed by atoms with Crippen molar-refractivity contribution in [2.24, 2.45) is 0 Å². The molecule has 0 atom stereocenters. The number of aromatic nitrogens is 1. The van der Waals surface area contributed by atoms with Crippen LogP contribution in [0.3, 0.4) is 0 Å². The van der Waals surface area contributed by atoms with Gasteiger partial charge in [0.25, 0.3) is 0 Å². The number of hydrogen-bond donors (Lipinski definition) is 2. The quantitative estimate of drug-likeness (QED) is 0.388. The summed E-state index contributed by atoms with van der Waals surface area (Å²) in [5.74, 6) is -6.16. The molecule has 2 heterocycles. The zero-order chi connectivity index (χ0) is 24.5. The van der Waals surface area contributed by atoms with Gasteiger partial charge in [-0.2, -0.15) is 0 Å². The smallest absolute Gasteiger partial charge is 0.232 e. The van der Waals surface area contributed by atoms with E-state index in [0.717, 1.165) is 31.9 Å². The first-order chi connectivity index (χ1) is 16.2. The molecule has 0 aliphatic carbocycles. The van der Waals surface area contributed by atoms with Crippen LogP contribution in [-0.2, 0) is 10.0 Å². The van der Waals surface area contributed by atoms with Crippen molar-refractivity contribution in [3.8, 4) is 0 Å². The van der Waals surface area contributed by atoms with Crippen LogP contribution in [0.5, 0.6) is 0 Å². The first-order valence-corrected chi connectivity index (χ1v) is 12.4. The van der Waals surface area contributed by atoms with E-state index in [0.29, 0.717) is 17.0 Å². The molecule has 0 unspecified atom stereocenters. The third-order valence-electron chi connectivity index (χ3n) is 5.53. The molecule has 0 amide bonds. The highest BCUT2D eigenvalue weighted by atomic mass is 32.2. The molecular formula is C23H23F3N4O3S. The van der Waals surface area contributed by atoms with Crippen molar-refractivity contribution >= 4 is 38.1 Å². The van der Waals surface area contributed by atoms with Crippen LogP contribution in [0.4, 0.5) is 24.5 Å². The zero-order valence-corrected chi connectivity index (χ0v) is 19.2. The third-order valence-corrected chi connectivity index (χ3v) is 7.01. The van der Waals surface area contributed by atoms with Crippen LogP contribution in [-0.4, -0.2) is 51.1 Å². The Kier molecular flexibility index (Phi) is 6.76. The van der Waals surface area contributed by atoms with Crippen LogP contribution in [0.25, 0.3) is 10.9 Å². The van der Waals surface area contributed by atoms with Crippen molar-refractivity contribution in [1.82, 2.24) is 10.3 Å². The Morgan fingerprint density at radius 3 is 2.56 bits per heavy atom. The Hall–Kier alpha value is -3.18. The van der Waals surface area contributed by atoms with Gasteiger partial charge in [0.2, 0.25) is 10.0 Å². The number of ketones is 1. The lowest BCUT2D eigenvalue weighted by Gasteiger charge is -2.29. The number of anilines is 2. The molecule has 34 heavy (non-hydrogen) atoms. The minimum Gasteiger partial charge on any atom is -0.368 e. The Labute approximate surface area is 195 Å². The van der Waals surface area contributed by atoms with Crippen molar-refractivity contribution < 1.29 is 26.4 Å². The van der Waals surface area contributed by atoms with Crippen molar-refractivity contribution in [2.45, 2.75) is 13.3 Å². The second kappa shape index (κ2) is 9.59. The number of rotatable bonds is 7. The van der Waals surface area contributed by atoms with E-state index < -0.39 is 44.5 Å². The maximum Gasteiger partial charge on any atom is 0.232 e. The summed E-state index contributed by atoms with van der Waals surface area (Å²) in [5.41, 5.74) is -0.658. The molecule has 0 radical (unpaired) electrons. The molecule has 0 bridgehead atoms. The fraction of sp³-hybridized carbons (Fsp3) is 0.304. The summed E-state index contributed by atoms with van der Waals surface area (Å²) in [6.07, 6.45) is 1.95. The van der Waals surface area contributed by atoms with E-state index in [9.17, 15) is 22.0 Å². The molecule has 1 fully saturated rings. The molecule has 180 valence electrons. The maximum atomic E-state index is 15.1. The number of carbonyl (C=O) groups excluding carboxylic acids is 1. The third kappa shape index (κ3) is 4.85. The Bertz CT molecular complexity index is 1360. The second-order valence-corrected chi connectivity index (χ2v) is 9.84. The van der Waals surface area contributed by atoms with Gasteiger partial charge in [0.05, 0.1) is 34.4 Å². The minimum atomic E-state index is -4.00. The molecule has 2 aromatic carbocycles. The number of carbonyl (C=O) groups is 1. The van der Waals surface area contributed by atoms with Gasteiger partial charge in [0, 0.05) is 43.2 Å². The predicted octanol–water partition coefficient (Wildman–Crippen LogP) is 3.44. The summed E-state index contributed by atoms with van der Waals surface area (Å²) in [5, 5.41) is 3.83. The number of nitrogens with one attached hydrogen (secondary N) is 2. The molecule has 2 N–H and O–H groups in total. The molecule has 1 aliphatic heterocycles. The van der Waals surface area contributed by atoms with Crippen LogP contribution in [0, 0.1) is 17.5 Å². The normalized spacial score (nSPS) is 14.4. The first-order valence-electron chi connectivity index (χ1n) is 10.8. The summed E-state index contributed by atoms with van der Waals surface area (Å²) in [7, 11) is -4.00. The van der Waals surface area contributed by atoms with Crippen LogP contribution in [0.2, 0.25) is 0 Å². The molecule has 4 rings (SSSR count). The lowest BCUT2D eigenvalue weighted by molar-refractivity contribution is 0.103. The first kappa shape index (κ1) is 24.0. The number of halogens is 3. The monoisotopic (exact) mass is 492 g/mol. The van der Waals surface area contributed by atoms with Gasteiger partial charge in [-0.1, -0.05) is 6.92 Å². The largest absolute Gasteiger partial charge is 0.368 e. The van der Waals surface area contributed by atoms with E-state index in [1.165, 1.54) is 18.2 Å². The second-order valence-electron chi connectivity index (χ2n) is 8.00. The lowest BCUT2D eigenvalue weighted by Crippen LogP contribution is -2.43. The summed E-state index contributed by atoms with van der Waals surface area (Å²) in [4.78, 5) is 19.6. The fourth-order valence-electron chi connectivity index (χ4n) is 3.87. The Balaban J connectivity index is 1.73. The van der Waals surface area contributed by atoms with Crippen molar-refractivity contribution in [3.05, 3.63) is 65.1 Å². The van der Waals surface area contributed by atoms with Crippen molar-refractivity contribution in [3.63, 3.8) is 0 Å². The molecule has 1 aromatic heterocycles. The fourth-order valence-corrected chi connectivity index (χ4v) is 4.99. The van der Waals surface area contributed by atoms with E-state index in [1.807, 2.05) is 10.8 Å². The van der Waals surface area contributed by atoms with Gasteiger partial charge in [-0.3, -0.25) is 14.5 Å². The average molecular weight is 493 g/mol. The number of sulfonamides is 1. The van der Waals surface area contributed by atoms with Gasteiger partial charge in [-0.15, -0.1) is 0 Å². The van der Waals surface area contributed by atoms with Gasteiger partial charge >= 0.3 is 0 Å². The van der Waals surface area contributed by atoms with Crippen molar-refractivity contribution in [2.75, 3.05) is 41.6 Å². The summed E-state index contributed by atoms with van der Waals surface area (Å²) < 4.78 is 69.7. The molecule has 3 aromatic rings. The number of fused-ring (bicyclic) bond motifs is 1. The average Bonchev–Trinajstić information content (AvgIpc) is 2.82. The predicted molar refractivity (Wildman–Crippen MR) is 124 cm³/mol. The molecule has 0 spiro atoms. The molecule has 1 aliphatic rings. The molecule has 1 saturated heterocycles. The van der Waals surface area contributed by atoms with Crippen molar-refractivity contribution in [1.29, 1.82) is 0 Å². The van der Waals surface area contributed by atoms with E-state index in [2.05, 4.69) is 15.2 Å². The number of piperazine rings is 1. The van der Waals surface area contributed by atoms with Crippen LogP contribution in [0.15, 0.2) is 36.5 Å². The Morgan fingerprint density at radius 2 is 1.85 bits per heavy atom. The van der Waals surface area contributed by atoms with Gasteiger partial charge in [-0.25, -0.2) is 21.6 Å². The highest BCUT2D eigenvalue weighted by molar-refractivity contribution is 7.92. The number of hydrogen-bond acceptors (Lipinski definition) is 6. The molecule has 0 saturated carbocycles. The van der Waals surface area contributed by atoms with E-state index in [-0.39, 0.29) is 17.7 Å². The van der Waals surface area contributed by atoms with E-state index in [4.69, 9.17) is 0 Å². The number of benzene rings is 2. The summed E-state index contributed by atoms with van der Waals surface area (Å²) >= 11 is 0. The number of pyridine rings is 1.